The molecular formula is C18H23N3O2. The lowest BCUT2D eigenvalue weighted by molar-refractivity contribution is -0.117. The number of hydrogen-bond donors (Lipinski definition) is 1. The van der Waals surface area contributed by atoms with E-state index in [1.807, 2.05) is 55.9 Å². The summed E-state index contributed by atoms with van der Waals surface area (Å²) in [5, 5.41) is 7.37. The summed E-state index contributed by atoms with van der Waals surface area (Å²) in [5.41, 5.74) is 2.93. The maximum atomic E-state index is 12.1. The van der Waals surface area contributed by atoms with Gasteiger partial charge in [-0.2, -0.15) is 5.10 Å². The fourth-order valence-electron chi connectivity index (χ4n) is 2.35. The number of carbonyl (C=O) groups excluding carboxylic acids is 1. The van der Waals surface area contributed by atoms with Crippen molar-refractivity contribution in [1.82, 2.24) is 15.1 Å². The molecule has 5 heteroatoms. The fourth-order valence-corrected chi connectivity index (χ4v) is 2.35. The number of nitrogens with zero attached hydrogens (tertiary/aromatic N) is 2. The maximum Gasteiger partial charge on any atom is 0.244 e. The van der Waals surface area contributed by atoms with Gasteiger partial charge in [0.1, 0.15) is 5.75 Å². The third kappa shape index (κ3) is 4.45. The second-order valence-electron chi connectivity index (χ2n) is 5.36. The Labute approximate surface area is 137 Å². The molecule has 1 aromatic heterocycles. The quantitative estimate of drug-likeness (QED) is 0.834. The number of benzene rings is 1. The van der Waals surface area contributed by atoms with Crippen LogP contribution in [0.3, 0.4) is 0 Å². The minimum atomic E-state index is -0.128. The van der Waals surface area contributed by atoms with Gasteiger partial charge in [-0.25, -0.2) is 0 Å². The van der Waals surface area contributed by atoms with Gasteiger partial charge in [0.15, 0.2) is 0 Å². The first-order valence-corrected chi connectivity index (χ1v) is 7.70. The van der Waals surface area contributed by atoms with Gasteiger partial charge in [0, 0.05) is 24.4 Å². The molecule has 1 unspecified atom stereocenters. The Morgan fingerprint density at radius 1 is 1.39 bits per heavy atom. The zero-order valence-corrected chi connectivity index (χ0v) is 14.0. The van der Waals surface area contributed by atoms with E-state index in [-0.39, 0.29) is 11.9 Å². The molecule has 5 nitrogen and oxygen atoms in total. The summed E-state index contributed by atoms with van der Waals surface area (Å²) in [5.74, 6) is 0.667. The summed E-state index contributed by atoms with van der Waals surface area (Å²) >= 11 is 0. The molecule has 122 valence electrons. The Bertz CT molecular complexity index is 687. The van der Waals surface area contributed by atoms with E-state index >= 15 is 0 Å². The molecule has 0 bridgehead atoms. The predicted molar refractivity (Wildman–Crippen MR) is 91.2 cm³/mol. The van der Waals surface area contributed by atoms with Crippen LogP contribution in [0, 0.1) is 6.92 Å². The van der Waals surface area contributed by atoms with E-state index in [9.17, 15) is 4.79 Å². The minimum Gasteiger partial charge on any atom is -0.497 e. The van der Waals surface area contributed by atoms with Crippen LogP contribution in [0.25, 0.3) is 6.08 Å². The molecule has 1 amide bonds. The largest absolute Gasteiger partial charge is 0.497 e. The van der Waals surface area contributed by atoms with Gasteiger partial charge in [0.05, 0.1) is 18.8 Å². The Kier molecular flexibility index (Phi) is 5.57. The molecule has 0 aliphatic carbocycles. The smallest absolute Gasteiger partial charge is 0.244 e. The summed E-state index contributed by atoms with van der Waals surface area (Å²) < 4.78 is 6.98. The highest BCUT2D eigenvalue weighted by molar-refractivity contribution is 5.92. The van der Waals surface area contributed by atoms with Gasteiger partial charge >= 0.3 is 0 Å². The fraction of sp³-hybridized carbons (Fsp3) is 0.333. The van der Waals surface area contributed by atoms with Gasteiger partial charge in [0.25, 0.3) is 0 Å². The molecule has 1 N–H and O–H groups in total. The van der Waals surface area contributed by atoms with Crippen LogP contribution in [0.2, 0.25) is 0 Å². The number of rotatable bonds is 6. The van der Waals surface area contributed by atoms with Gasteiger partial charge in [-0.3, -0.25) is 9.48 Å². The first kappa shape index (κ1) is 16.8. The van der Waals surface area contributed by atoms with Crippen molar-refractivity contribution < 1.29 is 9.53 Å². The summed E-state index contributed by atoms with van der Waals surface area (Å²) in [7, 11) is 1.63. The van der Waals surface area contributed by atoms with Crippen molar-refractivity contribution >= 4 is 12.0 Å². The van der Waals surface area contributed by atoms with Gasteiger partial charge < -0.3 is 10.1 Å². The molecule has 2 aromatic rings. The lowest BCUT2D eigenvalue weighted by Gasteiger charge is -2.11. The summed E-state index contributed by atoms with van der Waals surface area (Å²) in [6.07, 6.45) is 5.30. The monoisotopic (exact) mass is 313 g/mol. The van der Waals surface area contributed by atoms with Crippen molar-refractivity contribution in [2.24, 2.45) is 0 Å². The van der Waals surface area contributed by atoms with Crippen molar-refractivity contribution in [2.75, 3.05) is 7.11 Å². The van der Waals surface area contributed by atoms with Crippen LogP contribution in [0.1, 0.15) is 36.7 Å². The molecule has 0 spiro atoms. The van der Waals surface area contributed by atoms with Gasteiger partial charge in [-0.15, -0.1) is 0 Å². The van der Waals surface area contributed by atoms with E-state index in [2.05, 4.69) is 10.4 Å². The van der Waals surface area contributed by atoms with Crippen molar-refractivity contribution in [3.05, 3.63) is 53.4 Å². The normalized spacial score (nSPS) is 12.3. The maximum absolute atomic E-state index is 12.1. The third-order valence-corrected chi connectivity index (χ3v) is 3.68. The number of aromatic nitrogens is 2. The van der Waals surface area contributed by atoms with E-state index in [1.54, 1.807) is 13.2 Å². The molecule has 0 saturated heterocycles. The Morgan fingerprint density at radius 3 is 2.65 bits per heavy atom. The lowest BCUT2D eigenvalue weighted by atomic mass is 10.1. The van der Waals surface area contributed by atoms with Crippen molar-refractivity contribution in [3.63, 3.8) is 0 Å². The van der Waals surface area contributed by atoms with Crippen molar-refractivity contribution in [3.8, 4) is 5.75 Å². The number of aryl methyl sites for hydroxylation is 2. The highest BCUT2D eigenvalue weighted by atomic mass is 16.5. The average molecular weight is 313 g/mol. The van der Waals surface area contributed by atoms with Crippen molar-refractivity contribution in [1.29, 1.82) is 0 Å². The van der Waals surface area contributed by atoms with Crippen LogP contribution in [0.4, 0.5) is 0 Å². The summed E-state index contributed by atoms with van der Waals surface area (Å²) in [6.45, 7) is 6.77. The van der Waals surface area contributed by atoms with E-state index < -0.39 is 0 Å². The zero-order chi connectivity index (χ0) is 16.8. The molecular weight excluding hydrogens is 290 g/mol. The molecule has 2 rings (SSSR count). The highest BCUT2D eigenvalue weighted by Gasteiger charge is 2.13. The third-order valence-electron chi connectivity index (χ3n) is 3.68. The number of carbonyl (C=O) groups is 1. The van der Waals surface area contributed by atoms with Crippen molar-refractivity contribution in [2.45, 2.75) is 33.4 Å². The molecule has 1 aromatic carbocycles. The second-order valence-corrected chi connectivity index (χ2v) is 5.36. The molecule has 0 saturated carbocycles. The Morgan fingerprint density at radius 2 is 2.09 bits per heavy atom. The Hall–Kier alpha value is -2.56. The summed E-state index contributed by atoms with van der Waals surface area (Å²) in [6, 6.07) is 7.46. The number of ether oxygens (including phenoxy) is 1. The molecule has 23 heavy (non-hydrogen) atoms. The predicted octanol–water partition coefficient (Wildman–Crippen LogP) is 3.11. The standard InChI is InChI=1S/C18H23N3O2/c1-5-21-12-17(14(3)20-21)13(2)19-18(22)11-8-15-6-9-16(23-4)10-7-15/h6-13H,5H2,1-4H3,(H,19,22)/b11-8+. The van der Waals surface area contributed by atoms with Crippen LogP contribution in [-0.4, -0.2) is 22.8 Å². The summed E-state index contributed by atoms with van der Waals surface area (Å²) in [4.78, 5) is 12.1. The van der Waals surface area contributed by atoms with E-state index in [4.69, 9.17) is 4.74 Å². The first-order valence-electron chi connectivity index (χ1n) is 7.70. The number of amides is 1. The van der Waals surface area contributed by atoms with E-state index in [1.165, 1.54) is 6.08 Å². The van der Waals surface area contributed by atoms with Crippen LogP contribution in [0.5, 0.6) is 5.75 Å². The van der Waals surface area contributed by atoms with E-state index in [0.29, 0.717) is 0 Å². The van der Waals surface area contributed by atoms with Crippen LogP contribution in [-0.2, 0) is 11.3 Å². The number of hydrogen-bond acceptors (Lipinski definition) is 3. The lowest BCUT2D eigenvalue weighted by Crippen LogP contribution is -2.24. The van der Waals surface area contributed by atoms with E-state index in [0.717, 1.165) is 29.1 Å². The van der Waals surface area contributed by atoms with Gasteiger partial charge in [0.2, 0.25) is 5.91 Å². The average Bonchev–Trinajstić information content (AvgIpc) is 2.94. The molecule has 0 aliphatic rings. The molecule has 0 radical (unpaired) electrons. The zero-order valence-electron chi connectivity index (χ0n) is 14.0. The molecule has 1 heterocycles. The minimum absolute atomic E-state index is 0.0803. The van der Waals surface area contributed by atoms with Gasteiger partial charge in [-0.05, 0) is 44.5 Å². The number of methoxy groups -OCH3 is 1. The van der Waals surface area contributed by atoms with Crippen LogP contribution >= 0.6 is 0 Å². The topological polar surface area (TPSA) is 56.2 Å². The highest BCUT2D eigenvalue weighted by Crippen LogP contribution is 2.16. The number of nitrogens with one attached hydrogen (secondary N) is 1. The molecule has 1 atom stereocenters. The van der Waals surface area contributed by atoms with Gasteiger partial charge in [-0.1, -0.05) is 12.1 Å². The van der Waals surface area contributed by atoms with Crippen LogP contribution < -0.4 is 10.1 Å². The second kappa shape index (κ2) is 7.63. The molecule has 0 fully saturated rings. The van der Waals surface area contributed by atoms with Crippen LogP contribution in [0.15, 0.2) is 36.5 Å². The molecule has 0 aliphatic heterocycles. The SMILES string of the molecule is CCn1cc(C(C)NC(=O)/C=C/c2ccc(OC)cc2)c(C)n1. The first-order chi connectivity index (χ1) is 11.0. The Balaban J connectivity index is 1.97.